The molecule has 0 atom stereocenters. The third-order valence-corrected chi connectivity index (χ3v) is 4.51. The Morgan fingerprint density at radius 3 is 2.62 bits per heavy atom. The Morgan fingerprint density at radius 1 is 1.00 bits per heavy atom. The van der Waals surface area contributed by atoms with Crippen LogP contribution in [0.5, 0.6) is 0 Å². The molecule has 0 spiro atoms. The van der Waals surface area contributed by atoms with Gasteiger partial charge in [-0.2, -0.15) is 0 Å². The van der Waals surface area contributed by atoms with Gasteiger partial charge in [-0.1, -0.05) is 36.4 Å². The lowest BCUT2D eigenvalue weighted by atomic mass is 10.2. The zero-order valence-electron chi connectivity index (χ0n) is 15.7. The molecule has 2 aromatic carbocycles. The molecule has 0 aliphatic heterocycles. The average molecular weight is 386 g/mol. The Balaban J connectivity index is 1.72. The Bertz CT molecular complexity index is 1160. The highest BCUT2D eigenvalue weighted by molar-refractivity contribution is 5.93. The number of hydrogen-bond donors (Lipinski definition) is 1. The van der Waals surface area contributed by atoms with E-state index in [4.69, 9.17) is 0 Å². The second-order valence-electron chi connectivity index (χ2n) is 6.49. The van der Waals surface area contributed by atoms with Gasteiger partial charge in [-0.25, -0.2) is 9.97 Å². The van der Waals surface area contributed by atoms with Gasteiger partial charge in [0.1, 0.15) is 6.33 Å². The van der Waals surface area contributed by atoms with Crippen molar-refractivity contribution in [2.24, 2.45) is 0 Å². The van der Waals surface area contributed by atoms with Crippen LogP contribution in [-0.2, 0) is 6.54 Å². The minimum atomic E-state index is -0.456. The molecule has 4 aromatic rings. The molecule has 0 fully saturated rings. The van der Waals surface area contributed by atoms with E-state index in [1.807, 2.05) is 60.7 Å². The van der Waals surface area contributed by atoms with Crippen LogP contribution in [0.2, 0.25) is 0 Å². The van der Waals surface area contributed by atoms with Gasteiger partial charge >= 0.3 is 5.69 Å². The van der Waals surface area contributed by atoms with Crippen molar-refractivity contribution >= 4 is 33.9 Å². The molecule has 0 aliphatic carbocycles. The summed E-state index contributed by atoms with van der Waals surface area (Å²) in [5, 5.41) is 15.8. The van der Waals surface area contributed by atoms with Gasteiger partial charge in [0.15, 0.2) is 0 Å². The van der Waals surface area contributed by atoms with Gasteiger partial charge in [-0.3, -0.25) is 15.1 Å². The minimum Gasteiger partial charge on any atom is -0.349 e. The predicted molar refractivity (Wildman–Crippen MR) is 112 cm³/mol. The number of benzene rings is 2. The fourth-order valence-electron chi connectivity index (χ4n) is 3.18. The molecule has 0 amide bonds. The molecule has 8 nitrogen and oxygen atoms in total. The van der Waals surface area contributed by atoms with Crippen molar-refractivity contribution in [2.45, 2.75) is 6.54 Å². The molecule has 0 radical (unpaired) electrons. The average Bonchev–Trinajstić information content (AvgIpc) is 2.74. The van der Waals surface area contributed by atoms with Crippen molar-refractivity contribution in [1.29, 1.82) is 0 Å². The highest BCUT2D eigenvalue weighted by Gasteiger charge is 2.26. The maximum atomic E-state index is 11.9. The van der Waals surface area contributed by atoms with Crippen molar-refractivity contribution in [3.8, 4) is 0 Å². The van der Waals surface area contributed by atoms with Crippen molar-refractivity contribution in [3.63, 3.8) is 0 Å². The summed E-state index contributed by atoms with van der Waals surface area (Å²) in [6.07, 6.45) is 3.03. The summed E-state index contributed by atoms with van der Waals surface area (Å²) in [7, 11) is 1.77. The van der Waals surface area contributed by atoms with Crippen LogP contribution in [0.4, 0.5) is 23.0 Å². The molecule has 2 heterocycles. The van der Waals surface area contributed by atoms with Crippen LogP contribution in [0.25, 0.3) is 10.9 Å². The van der Waals surface area contributed by atoms with Gasteiger partial charge in [0, 0.05) is 30.9 Å². The van der Waals surface area contributed by atoms with Crippen molar-refractivity contribution in [3.05, 3.63) is 88.9 Å². The van der Waals surface area contributed by atoms with Crippen molar-refractivity contribution in [2.75, 3.05) is 17.3 Å². The van der Waals surface area contributed by atoms with E-state index in [-0.39, 0.29) is 17.3 Å². The predicted octanol–water partition coefficient (Wildman–Crippen LogP) is 4.31. The van der Waals surface area contributed by atoms with E-state index < -0.39 is 4.92 Å². The number of nitrogens with one attached hydrogen (secondary N) is 1. The van der Waals surface area contributed by atoms with Gasteiger partial charge in [0.05, 0.1) is 10.4 Å². The summed E-state index contributed by atoms with van der Waals surface area (Å²) >= 11 is 0. The molecular weight excluding hydrogens is 368 g/mol. The van der Waals surface area contributed by atoms with E-state index in [0.717, 1.165) is 16.5 Å². The molecule has 8 heteroatoms. The quantitative estimate of drug-likeness (QED) is 0.389. The lowest BCUT2D eigenvalue weighted by Crippen LogP contribution is -2.20. The Morgan fingerprint density at radius 2 is 1.83 bits per heavy atom. The maximum absolute atomic E-state index is 11.9. The van der Waals surface area contributed by atoms with E-state index in [1.54, 1.807) is 18.1 Å². The Labute approximate surface area is 167 Å². The van der Waals surface area contributed by atoms with Gasteiger partial charge in [0.25, 0.3) is 0 Å². The largest absolute Gasteiger partial charge is 0.353 e. The molecule has 0 unspecified atom stereocenters. The monoisotopic (exact) mass is 386 g/mol. The molecule has 0 aliphatic rings. The van der Waals surface area contributed by atoms with Gasteiger partial charge < -0.3 is 10.2 Å². The number of aromatic nitrogens is 3. The Kier molecular flexibility index (Phi) is 4.98. The minimum absolute atomic E-state index is 0.135. The molecule has 2 aromatic heterocycles. The van der Waals surface area contributed by atoms with E-state index in [9.17, 15) is 10.1 Å². The zero-order chi connectivity index (χ0) is 20.2. The van der Waals surface area contributed by atoms with E-state index in [1.165, 1.54) is 6.33 Å². The van der Waals surface area contributed by atoms with Crippen LogP contribution >= 0.6 is 0 Å². The number of fused-ring (bicyclic) bond motifs is 1. The molecule has 29 heavy (non-hydrogen) atoms. The normalized spacial score (nSPS) is 10.7. The summed E-state index contributed by atoms with van der Waals surface area (Å²) < 4.78 is 0. The van der Waals surface area contributed by atoms with Crippen LogP contribution < -0.4 is 10.2 Å². The van der Waals surface area contributed by atoms with Gasteiger partial charge in [-0.15, -0.1) is 0 Å². The SMILES string of the molecule is CN(Cc1ccccc1)c1ncnc(Nc2cccc3ncccc23)c1[N+](=O)[O-]. The summed E-state index contributed by atoms with van der Waals surface area (Å²) in [5.74, 6) is 0.381. The van der Waals surface area contributed by atoms with Crippen LogP contribution in [0.3, 0.4) is 0 Å². The molecule has 4 rings (SSSR count). The lowest BCUT2D eigenvalue weighted by Gasteiger charge is -2.19. The molecule has 144 valence electrons. The molecule has 1 N–H and O–H groups in total. The number of hydrogen-bond acceptors (Lipinski definition) is 7. The van der Waals surface area contributed by atoms with E-state index in [2.05, 4.69) is 20.3 Å². The Hall–Kier alpha value is -4.07. The first-order valence-electron chi connectivity index (χ1n) is 8.98. The second-order valence-corrected chi connectivity index (χ2v) is 6.49. The third kappa shape index (κ3) is 3.81. The number of pyridine rings is 1. The standard InChI is InChI=1S/C21H18N6O2/c1-26(13-15-7-3-2-4-8-15)21-19(27(28)29)20(23-14-24-21)25-18-11-5-10-17-16(18)9-6-12-22-17/h2-12,14H,13H2,1H3,(H,23,24,25). The molecule has 0 bridgehead atoms. The summed E-state index contributed by atoms with van der Waals surface area (Å²) in [6, 6.07) is 19.0. The second kappa shape index (κ2) is 7.89. The third-order valence-electron chi connectivity index (χ3n) is 4.51. The van der Waals surface area contributed by atoms with Crippen LogP contribution in [0.1, 0.15) is 5.56 Å². The molecular formula is C21H18N6O2. The number of nitrogens with zero attached hydrogens (tertiary/aromatic N) is 5. The van der Waals surface area contributed by atoms with Crippen molar-refractivity contribution in [1.82, 2.24) is 15.0 Å². The molecule has 0 saturated heterocycles. The fourth-order valence-corrected chi connectivity index (χ4v) is 3.18. The summed E-state index contributed by atoms with van der Waals surface area (Å²) in [4.78, 5) is 25.8. The van der Waals surface area contributed by atoms with E-state index in [0.29, 0.717) is 12.2 Å². The van der Waals surface area contributed by atoms with Crippen LogP contribution in [0.15, 0.2) is 73.2 Å². The highest BCUT2D eigenvalue weighted by atomic mass is 16.6. The molecule has 0 saturated carbocycles. The van der Waals surface area contributed by atoms with Crippen molar-refractivity contribution < 1.29 is 4.92 Å². The fraction of sp³-hybridized carbons (Fsp3) is 0.0952. The summed E-state index contributed by atoms with van der Waals surface area (Å²) in [6.45, 7) is 0.482. The smallest absolute Gasteiger partial charge is 0.349 e. The first kappa shape index (κ1) is 18.3. The number of nitro groups is 1. The van der Waals surface area contributed by atoms with E-state index >= 15 is 0 Å². The lowest BCUT2D eigenvalue weighted by molar-refractivity contribution is -0.383. The first-order chi connectivity index (χ1) is 14.1. The zero-order valence-corrected chi connectivity index (χ0v) is 15.7. The van der Waals surface area contributed by atoms with Gasteiger partial charge in [-0.05, 0) is 29.8 Å². The highest BCUT2D eigenvalue weighted by Crippen LogP contribution is 2.35. The van der Waals surface area contributed by atoms with Crippen LogP contribution in [0, 0.1) is 10.1 Å². The summed E-state index contributed by atoms with van der Waals surface area (Å²) in [5.41, 5.74) is 2.33. The topological polar surface area (TPSA) is 97.1 Å². The number of rotatable bonds is 6. The maximum Gasteiger partial charge on any atom is 0.353 e. The van der Waals surface area contributed by atoms with Crippen LogP contribution in [-0.4, -0.2) is 26.9 Å². The number of anilines is 3. The first-order valence-corrected chi connectivity index (χ1v) is 8.98. The van der Waals surface area contributed by atoms with Gasteiger partial charge in [0.2, 0.25) is 11.6 Å².